The van der Waals surface area contributed by atoms with Crippen molar-refractivity contribution < 1.29 is 14.3 Å². The van der Waals surface area contributed by atoms with Crippen LogP contribution in [0.4, 0.5) is 0 Å². The molecule has 0 spiro atoms. The van der Waals surface area contributed by atoms with E-state index in [2.05, 4.69) is 22.9 Å². The lowest BCUT2D eigenvalue weighted by atomic mass is 9.95. The summed E-state index contributed by atoms with van der Waals surface area (Å²) in [4.78, 5) is 11.7. The van der Waals surface area contributed by atoms with Gasteiger partial charge in [0, 0.05) is 5.57 Å². The number of halogens is 1. The third-order valence-electron chi connectivity index (χ3n) is 2.80. The molecule has 4 heteroatoms. The van der Waals surface area contributed by atoms with Crippen LogP contribution in [0.1, 0.15) is 27.7 Å². The molecule has 0 aromatic carbocycles. The number of carbonyl (C=O) groups is 1. The number of hydrogen-bond acceptors (Lipinski definition) is 3. The van der Waals surface area contributed by atoms with Crippen molar-refractivity contribution in [2.45, 2.75) is 38.1 Å². The number of carbonyl (C=O) groups excluding carboxylic acids is 1. The second-order valence-corrected chi connectivity index (χ2v) is 5.41. The van der Waals surface area contributed by atoms with Crippen molar-refractivity contribution in [3.63, 3.8) is 0 Å². The summed E-state index contributed by atoms with van der Waals surface area (Å²) in [5.74, 6) is 0.169. The first-order valence-corrected chi connectivity index (χ1v) is 6.47. The van der Waals surface area contributed by atoms with Gasteiger partial charge in [0.1, 0.15) is 0 Å². The molecule has 1 aliphatic rings. The quantitative estimate of drug-likeness (QED) is 0.455. The zero-order chi connectivity index (χ0) is 12.3. The van der Waals surface area contributed by atoms with Crippen LogP contribution in [0.2, 0.25) is 0 Å². The van der Waals surface area contributed by atoms with Gasteiger partial charge >= 0.3 is 5.97 Å². The Morgan fingerprint density at radius 3 is 2.75 bits per heavy atom. The van der Waals surface area contributed by atoms with Gasteiger partial charge in [-0.3, -0.25) is 0 Å². The van der Waals surface area contributed by atoms with Crippen molar-refractivity contribution >= 4 is 21.9 Å². The molecule has 0 bridgehead atoms. The summed E-state index contributed by atoms with van der Waals surface area (Å²) in [6, 6.07) is 0. The van der Waals surface area contributed by atoms with Gasteiger partial charge < -0.3 is 9.47 Å². The standard InChI is InChI=1S/C12H19BrO3/c1-5-15-11(14)8(2)6-12(4)10(13)9(3)7-16-12/h6,9-10H,5,7H2,1-4H3/b8-6+/t9-,10+,12-/m1/s1. The normalized spacial score (nSPS) is 35.2. The van der Waals surface area contributed by atoms with E-state index < -0.39 is 5.60 Å². The minimum atomic E-state index is -0.420. The van der Waals surface area contributed by atoms with Crippen molar-refractivity contribution in [2.24, 2.45) is 5.92 Å². The summed E-state index contributed by atoms with van der Waals surface area (Å²) in [6.45, 7) is 8.77. The average Bonchev–Trinajstić information content (AvgIpc) is 2.47. The minimum Gasteiger partial charge on any atom is -0.463 e. The predicted molar refractivity (Wildman–Crippen MR) is 66.6 cm³/mol. The fourth-order valence-corrected chi connectivity index (χ4v) is 2.31. The van der Waals surface area contributed by atoms with Crippen molar-refractivity contribution in [2.75, 3.05) is 13.2 Å². The van der Waals surface area contributed by atoms with Crippen molar-refractivity contribution in [1.29, 1.82) is 0 Å². The maximum Gasteiger partial charge on any atom is 0.333 e. The Bertz CT molecular complexity index is 301. The molecule has 0 amide bonds. The number of esters is 1. The van der Waals surface area contributed by atoms with E-state index in [1.807, 2.05) is 13.0 Å². The van der Waals surface area contributed by atoms with Crippen LogP contribution in [0, 0.1) is 5.92 Å². The van der Waals surface area contributed by atoms with Crippen LogP contribution in [0.5, 0.6) is 0 Å². The molecule has 0 radical (unpaired) electrons. The largest absolute Gasteiger partial charge is 0.463 e. The fourth-order valence-electron chi connectivity index (χ4n) is 1.90. The molecule has 1 saturated heterocycles. The average molecular weight is 291 g/mol. The lowest BCUT2D eigenvalue weighted by molar-refractivity contribution is -0.138. The van der Waals surface area contributed by atoms with Gasteiger partial charge in [-0.15, -0.1) is 0 Å². The van der Waals surface area contributed by atoms with E-state index in [0.29, 0.717) is 24.7 Å². The molecule has 1 rings (SSSR count). The highest BCUT2D eigenvalue weighted by Gasteiger charge is 2.42. The molecule has 16 heavy (non-hydrogen) atoms. The van der Waals surface area contributed by atoms with Gasteiger partial charge in [0.2, 0.25) is 0 Å². The number of hydrogen-bond donors (Lipinski definition) is 0. The van der Waals surface area contributed by atoms with Crippen molar-refractivity contribution in [1.82, 2.24) is 0 Å². The summed E-state index contributed by atoms with van der Waals surface area (Å²) in [6.07, 6.45) is 1.86. The Balaban J connectivity index is 2.78. The van der Waals surface area contributed by atoms with Crippen LogP contribution < -0.4 is 0 Å². The molecule has 0 N–H and O–H groups in total. The Kier molecular flexibility index (Phi) is 4.56. The minimum absolute atomic E-state index is 0.226. The molecule has 0 saturated carbocycles. The maximum atomic E-state index is 11.5. The predicted octanol–water partition coefficient (Wildman–Crippen LogP) is 2.68. The molecule has 0 aliphatic carbocycles. The highest BCUT2D eigenvalue weighted by atomic mass is 79.9. The third kappa shape index (κ3) is 2.86. The van der Waals surface area contributed by atoms with E-state index in [-0.39, 0.29) is 10.8 Å². The molecule has 1 fully saturated rings. The molecule has 1 aliphatic heterocycles. The summed E-state index contributed by atoms with van der Waals surface area (Å²) in [5, 5.41) is 0. The zero-order valence-electron chi connectivity index (χ0n) is 10.2. The highest BCUT2D eigenvalue weighted by Crippen LogP contribution is 2.37. The first-order valence-electron chi connectivity index (χ1n) is 5.55. The molecule has 92 valence electrons. The monoisotopic (exact) mass is 290 g/mol. The highest BCUT2D eigenvalue weighted by molar-refractivity contribution is 9.09. The van der Waals surface area contributed by atoms with Gasteiger partial charge in [0.15, 0.2) is 0 Å². The van der Waals surface area contributed by atoms with Crippen molar-refractivity contribution in [3.05, 3.63) is 11.6 Å². The second kappa shape index (κ2) is 5.32. The van der Waals surface area contributed by atoms with E-state index >= 15 is 0 Å². The van der Waals surface area contributed by atoms with Crippen LogP contribution in [-0.2, 0) is 14.3 Å². The van der Waals surface area contributed by atoms with Crippen molar-refractivity contribution in [3.8, 4) is 0 Å². The fraction of sp³-hybridized carbons (Fsp3) is 0.750. The van der Waals surface area contributed by atoms with Crippen LogP contribution >= 0.6 is 15.9 Å². The summed E-state index contributed by atoms with van der Waals surface area (Å²) in [7, 11) is 0. The van der Waals surface area contributed by atoms with Crippen LogP contribution in [0.25, 0.3) is 0 Å². The summed E-state index contributed by atoms with van der Waals surface area (Å²) in [5.41, 5.74) is 0.180. The van der Waals surface area contributed by atoms with Gasteiger partial charge in [0.25, 0.3) is 0 Å². The van der Waals surface area contributed by atoms with Crippen LogP contribution in [0.3, 0.4) is 0 Å². The molecule has 3 nitrogen and oxygen atoms in total. The molecular weight excluding hydrogens is 272 g/mol. The number of ether oxygens (including phenoxy) is 2. The molecule has 0 aromatic heterocycles. The summed E-state index contributed by atoms with van der Waals surface area (Å²) < 4.78 is 10.7. The third-order valence-corrected chi connectivity index (χ3v) is 4.62. The molecular formula is C12H19BrO3. The SMILES string of the molecule is CCOC(=O)/C(C)=C/[C@@]1(C)OC[C@@H](C)[C@@H]1Br. The lowest BCUT2D eigenvalue weighted by Crippen LogP contribution is -2.32. The van der Waals surface area contributed by atoms with E-state index in [0.717, 1.165) is 0 Å². The first-order chi connectivity index (χ1) is 7.40. The summed E-state index contributed by atoms with van der Waals surface area (Å²) >= 11 is 3.62. The van der Waals surface area contributed by atoms with E-state index in [1.165, 1.54) is 0 Å². The zero-order valence-corrected chi connectivity index (χ0v) is 11.8. The Morgan fingerprint density at radius 2 is 2.31 bits per heavy atom. The maximum absolute atomic E-state index is 11.5. The molecule has 3 atom stereocenters. The smallest absolute Gasteiger partial charge is 0.333 e. The first kappa shape index (κ1) is 13.7. The van der Waals surface area contributed by atoms with E-state index in [9.17, 15) is 4.79 Å². The Hall–Kier alpha value is -0.350. The van der Waals surface area contributed by atoms with E-state index in [1.54, 1.807) is 13.8 Å². The second-order valence-electron chi connectivity index (χ2n) is 4.42. The van der Waals surface area contributed by atoms with Crippen LogP contribution in [0.15, 0.2) is 11.6 Å². The van der Waals surface area contributed by atoms with Gasteiger partial charge in [-0.2, -0.15) is 0 Å². The number of alkyl halides is 1. The molecule has 1 heterocycles. The van der Waals surface area contributed by atoms with Gasteiger partial charge in [0.05, 0.1) is 23.6 Å². The topological polar surface area (TPSA) is 35.5 Å². The Morgan fingerprint density at radius 1 is 1.69 bits per heavy atom. The number of rotatable bonds is 3. The van der Waals surface area contributed by atoms with Gasteiger partial charge in [-0.05, 0) is 32.8 Å². The van der Waals surface area contributed by atoms with E-state index in [4.69, 9.17) is 9.47 Å². The lowest BCUT2D eigenvalue weighted by Gasteiger charge is -2.24. The molecule has 0 unspecified atom stereocenters. The molecule has 0 aromatic rings. The van der Waals surface area contributed by atoms with Gasteiger partial charge in [-0.1, -0.05) is 22.9 Å². The van der Waals surface area contributed by atoms with Gasteiger partial charge in [-0.25, -0.2) is 4.79 Å². The Labute approximate surface area is 105 Å². The van der Waals surface area contributed by atoms with Crippen LogP contribution in [-0.4, -0.2) is 29.6 Å².